The molecule has 0 saturated carbocycles. The van der Waals surface area contributed by atoms with E-state index in [2.05, 4.69) is 14.9 Å². The third-order valence-corrected chi connectivity index (χ3v) is 6.16. The molecule has 4 unspecified atom stereocenters. The summed E-state index contributed by atoms with van der Waals surface area (Å²) in [6.45, 7) is -1.09. The number of hydroxylamine groups is 1. The molecule has 3 aliphatic rings. The molecule has 3 rings (SSSR count). The highest BCUT2D eigenvalue weighted by Gasteiger charge is 2.40. The summed E-state index contributed by atoms with van der Waals surface area (Å²) in [5.41, 5.74) is 2.95. The first-order valence-electron chi connectivity index (χ1n) is 10.8. The number of likely N-dealkylation sites (tertiary alicyclic amines) is 1. The van der Waals surface area contributed by atoms with E-state index in [1.807, 2.05) is 0 Å². The van der Waals surface area contributed by atoms with Gasteiger partial charge in [0.1, 0.15) is 12.8 Å². The van der Waals surface area contributed by atoms with Crippen LogP contribution in [0.25, 0.3) is 0 Å². The number of rotatable bonds is 7. The Morgan fingerprint density at radius 1 is 1.17 bits per heavy atom. The molecule has 1 saturated heterocycles. The number of carbonyl (C=O) groups excluding carboxylic acids is 1. The van der Waals surface area contributed by atoms with Gasteiger partial charge in [0.05, 0.1) is 6.10 Å². The Balaban J connectivity index is 1.63. The Morgan fingerprint density at radius 3 is 2.54 bits per heavy atom. The maximum absolute atomic E-state index is 12.8. The molecule has 0 radical (unpaired) electrons. The lowest BCUT2D eigenvalue weighted by Crippen LogP contribution is -2.57. The lowest BCUT2D eigenvalue weighted by molar-refractivity contribution is -0.341. The van der Waals surface area contributed by atoms with Crippen molar-refractivity contribution in [3.8, 4) is 0 Å². The van der Waals surface area contributed by atoms with E-state index in [1.54, 1.807) is 18.2 Å². The summed E-state index contributed by atoms with van der Waals surface area (Å²) in [5, 5.41) is 11.4. The second-order valence-corrected chi connectivity index (χ2v) is 8.60. The van der Waals surface area contributed by atoms with Crippen LogP contribution in [0.5, 0.6) is 0 Å². The van der Waals surface area contributed by atoms with Crippen LogP contribution in [0, 0.1) is 11.8 Å². The zero-order chi connectivity index (χ0) is 25.8. The van der Waals surface area contributed by atoms with Crippen molar-refractivity contribution >= 4 is 17.5 Å². The number of carbonyl (C=O) groups is 1. The fourth-order valence-electron chi connectivity index (χ4n) is 4.23. The Labute approximate surface area is 202 Å². The summed E-state index contributed by atoms with van der Waals surface area (Å²) in [4.78, 5) is 13.3. The predicted molar refractivity (Wildman–Crippen MR) is 111 cm³/mol. The first kappa shape index (κ1) is 27.5. The van der Waals surface area contributed by atoms with Crippen LogP contribution < -0.4 is 5.43 Å². The van der Waals surface area contributed by atoms with E-state index in [0.717, 1.165) is 4.90 Å². The molecular formula is C21H24ClF6N3O4. The summed E-state index contributed by atoms with van der Waals surface area (Å²) in [6.07, 6.45) is -1.36. The zero-order valence-corrected chi connectivity index (χ0v) is 19.0. The molecule has 1 amide bonds. The Morgan fingerprint density at radius 2 is 1.89 bits per heavy atom. The molecule has 35 heavy (non-hydrogen) atoms. The molecule has 0 aromatic carbocycles. The average molecular weight is 532 g/mol. The summed E-state index contributed by atoms with van der Waals surface area (Å²) >= 11 is 6.38. The van der Waals surface area contributed by atoms with Crippen molar-refractivity contribution in [3.05, 3.63) is 47.2 Å². The molecule has 1 heterocycles. The standard InChI is InChI=1S/C21H24ClF6N3O4/c22-16-11-13(8-9-14(16)15-5-1-2-6-17(15)35-21(26,27)28)29-31(33)18-7-3-4-10-30(18)19(32)12-34-20(23,24)25/h1-2,5-6,8,11,14-15,17-18,29,33H,3-4,7,9-10,12H2. The lowest BCUT2D eigenvalue weighted by atomic mass is 9.80. The van der Waals surface area contributed by atoms with E-state index < -0.39 is 49.3 Å². The molecule has 14 heteroatoms. The number of halogens is 7. The van der Waals surface area contributed by atoms with Crippen LogP contribution in [-0.2, 0) is 14.3 Å². The van der Waals surface area contributed by atoms with Gasteiger partial charge in [0.15, 0.2) is 0 Å². The fraction of sp³-hybridized carbons (Fsp3) is 0.571. The van der Waals surface area contributed by atoms with Gasteiger partial charge in [0.25, 0.3) is 0 Å². The van der Waals surface area contributed by atoms with Gasteiger partial charge in [-0.3, -0.25) is 24.9 Å². The summed E-state index contributed by atoms with van der Waals surface area (Å²) in [5.74, 6) is -2.14. The third-order valence-electron chi connectivity index (χ3n) is 5.77. The van der Waals surface area contributed by atoms with Crippen molar-refractivity contribution in [3.63, 3.8) is 0 Å². The fourth-order valence-corrected chi connectivity index (χ4v) is 4.58. The van der Waals surface area contributed by atoms with Gasteiger partial charge in [-0.1, -0.05) is 47.2 Å². The van der Waals surface area contributed by atoms with E-state index in [-0.39, 0.29) is 24.4 Å². The van der Waals surface area contributed by atoms with E-state index in [1.165, 1.54) is 18.2 Å². The van der Waals surface area contributed by atoms with E-state index >= 15 is 0 Å². The molecule has 1 fully saturated rings. The molecule has 2 N–H and O–H groups in total. The Hall–Kier alpha value is -2.06. The quantitative estimate of drug-likeness (QED) is 0.365. The Bertz CT molecular complexity index is 889. The van der Waals surface area contributed by atoms with Crippen molar-refractivity contribution in [2.75, 3.05) is 13.2 Å². The largest absolute Gasteiger partial charge is 0.523 e. The van der Waals surface area contributed by atoms with Crippen LogP contribution in [0.4, 0.5) is 26.3 Å². The maximum atomic E-state index is 12.8. The van der Waals surface area contributed by atoms with Gasteiger partial charge in [-0.25, -0.2) is 0 Å². The first-order chi connectivity index (χ1) is 16.3. The number of hydrogen-bond donors (Lipinski definition) is 2. The average Bonchev–Trinajstić information content (AvgIpc) is 2.77. The molecule has 0 aromatic heterocycles. The number of hydrogen-bond acceptors (Lipinski definition) is 6. The maximum Gasteiger partial charge on any atom is 0.523 e. The van der Waals surface area contributed by atoms with E-state index in [9.17, 15) is 36.3 Å². The van der Waals surface area contributed by atoms with Crippen molar-refractivity contribution in [1.29, 1.82) is 0 Å². The molecular weight excluding hydrogens is 508 g/mol. The van der Waals surface area contributed by atoms with Crippen LogP contribution in [0.3, 0.4) is 0 Å². The monoisotopic (exact) mass is 531 g/mol. The predicted octanol–water partition coefficient (Wildman–Crippen LogP) is 4.73. The zero-order valence-electron chi connectivity index (χ0n) is 18.2. The second-order valence-electron chi connectivity index (χ2n) is 8.16. The van der Waals surface area contributed by atoms with Crippen molar-refractivity contribution in [1.82, 2.24) is 15.5 Å². The molecule has 1 aliphatic heterocycles. The summed E-state index contributed by atoms with van der Waals surface area (Å²) in [6, 6.07) is 0. The molecule has 0 spiro atoms. The first-order valence-corrected chi connectivity index (χ1v) is 11.1. The van der Waals surface area contributed by atoms with Gasteiger partial charge < -0.3 is 4.90 Å². The van der Waals surface area contributed by atoms with Crippen LogP contribution in [-0.4, -0.2) is 59.3 Å². The van der Waals surface area contributed by atoms with E-state index in [4.69, 9.17) is 11.6 Å². The minimum absolute atomic E-state index is 0.128. The highest BCUT2D eigenvalue weighted by Crippen LogP contribution is 2.39. The number of hydrazine groups is 1. The molecule has 7 nitrogen and oxygen atoms in total. The van der Waals surface area contributed by atoms with Crippen molar-refractivity contribution in [2.24, 2.45) is 11.8 Å². The van der Waals surface area contributed by atoms with Gasteiger partial charge in [-0.2, -0.15) is 0 Å². The van der Waals surface area contributed by atoms with Crippen LogP contribution in [0.2, 0.25) is 0 Å². The number of amides is 1. The highest BCUT2D eigenvalue weighted by atomic mass is 35.5. The number of piperidine rings is 1. The van der Waals surface area contributed by atoms with Crippen LogP contribution in [0.1, 0.15) is 25.7 Å². The van der Waals surface area contributed by atoms with E-state index in [0.29, 0.717) is 23.7 Å². The van der Waals surface area contributed by atoms with Gasteiger partial charge in [-0.05, 0) is 31.8 Å². The third kappa shape index (κ3) is 7.97. The SMILES string of the molecule is O=C(COC(F)(F)F)N1CCCCC1N(O)NC1=CCC(C2C=CC=CC2OC(F)(F)F)C(Cl)=C1. The van der Waals surface area contributed by atoms with Crippen LogP contribution in [0.15, 0.2) is 47.2 Å². The normalized spacial score (nSPS) is 27.6. The smallest absolute Gasteiger partial charge is 0.321 e. The van der Waals surface area contributed by atoms with Gasteiger partial charge in [0, 0.05) is 29.1 Å². The molecule has 0 bridgehead atoms. The lowest BCUT2D eigenvalue weighted by Gasteiger charge is -2.40. The second kappa shape index (κ2) is 11.3. The van der Waals surface area contributed by atoms with Gasteiger partial charge in [0.2, 0.25) is 5.91 Å². The minimum atomic E-state index is -4.96. The molecule has 2 aliphatic carbocycles. The summed E-state index contributed by atoms with van der Waals surface area (Å²) in [7, 11) is 0. The number of ether oxygens (including phenoxy) is 2. The molecule has 0 aromatic rings. The van der Waals surface area contributed by atoms with Crippen molar-refractivity contribution < 1.29 is 45.8 Å². The topological polar surface area (TPSA) is 74.3 Å². The van der Waals surface area contributed by atoms with Gasteiger partial charge in [-0.15, -0.1) is 26.3 Å². The number of nitrogens with one attached hydrogen (secondary N) is 1. The number of alkyl halides is 6. The summed E-state index contributed by atoms with van der Waals surface area (Å²) < 4.78 is 83.0. The number of nitrogens with zero attached hydrogens (tertiary/aromatic N) is 2. The van der Waals surface area contributed by atoms with Crippen LogP contribution >= 0.6 is 11.6 Å². The molecule has 4 atom stereocenters. The molecule has 196 valence electrons. The highest BCUT2D eigenvalue weighted by molar-refractivity contribution is 6.30. The number of allylic oxidation sites excluding steroid dienone is 5. The Kier molecular flexibility index (Phi) is 8.91. The van der Waals surface area contributed by atoms with Gasteiger partial charge >= 0.3 is 12.7 Å². The minimum Gasteiger partial charge on any atom is -0.321 e. The van der Waals surface area contributed by atoms with Crippen molar-refractivity contribution in [2.45, 2.75) is 50.7 Å².